The van der Waals surface area contributed by atoms with Gasteiger partial charge in [0.1, 0.15) is 5.76 Å². The van der Waals surface area contributed by atoms with Gasteiger partial charge in [-0.25, -0.2) is 0 Å². The van der Waals surface area contributed by atoms with E-state index in [-0.39, 0.29) is 12.3 Å². The number of aliphatic carboxylic acids is 1. The Balaban J connectivity index is 2.17. The molecule has 3 N–H and O–H groups in total. The number of nitrogens with two attached hydrogens (primary N) is 1. The van der Waals surface area contributed by atoms with E-state index in [1.54, 1.807) is 6.20 Å². The highest BCUT2D eigenvalue weighted by Crippen LogP contribution is 2.43. The van der Waals surface area contributed by atoms with Crippen LogP contribution in [0.1, 0.15) is 42.4 Å². The average molecular weight is 210 g/mol. The Bertz CT molecular complexity index is 357. The molecular weight excluding hydrogens is 196 g/mol. The molecule has 1 saturated carbocycles. The fourth-order valence-electron chi connectivity index (χ4n) is 1.75. The van der Waals surface area contributed by atoms with Crippen molar-refractivity contribution in [1.29, 1.82) is 0 Å². The lowest BCUT2D eigenvalue weighted by atomic mass is 9.95. The molecule has 5 heteroatoms. The fraction of sp³-hybridized carbons (Fsp3) is 0.600. The maximum atomic E-state index is 10.7. The zero-order valence-corrected chi connectivity index (χ0v) is 8.35. The van der Waals surface area contributed by atoms with Gasteiger partial charge in [-0.1, -0.05) is 5.16 Å². The summed E-state index contributed by atoms with van der Waals surface area (Å²) < 4.78 is 5.15. The minimum absolute atomic E-state index is 0.0391. The van der Waals surface area contributed by atoms with Gasteiger partial charge in [-0.05, 0) is 19.4 Å². The molecule has 0 amide bonds. The molecule has 0 radical (unpaired) electrons. The topological polar surface area (TPSA) is 89.4 Å². The quantitative estimate of drug-likeness (QED) is 0.758. The SMILES string of the molecule is NCC(CC(=O)O)c1cnoc1C1CC1. The molecule has 15 heavy (non-hydrogen) atoms. The number of carboxylic acids is 1. The van der Waals surface area contributed by atoms with Crippen molar-refractivity contribution in [3.05, 3.63) is 17.5 Å². The second-order valence-electron chi connectivity index (χ2n) is 3.95. The molecular formula is C10H14N2O3. The first-order valence-electron chi connectivity index (χ1n) is 5.08. The highest BCUT2D eigenvalue weighted by molar-refractivity contribution is 5.68. The van der Waals surface area contributed by atoms with Gasteiger partial charge in [0.15, 0.2) is 0 Å². The summed E-state index contributed by atoms with van der Waals surface area (Å²) >= 11 is 0. The van der Waals surface area contributed by atoms with E-state index in [1.165, 1.54) is 0 Å². The minimum atomic E-state index is -0.839. The second kappa shape index (κ2) is 4.02. The van der Waals surface area contributed by atoms with Crippen molar-refractivity contribution < 1.29 is 14.4 Å². The molecule has 0 aromatic carbocycles. The van der Waals surface area contributed by atoms with E-state index in [9.17, 15) is 4.79 Å². The van der Waals surface area contributed by atoms with Crippen LogP contribution in [0.15, 0.2) is 10.7 Å². The van der Waals surface area contributed by atoms with Crippen LogP contribution in [0.4, 0.5) is 0 Å². The summed E-state index contributed by atoms with van der Waals surface area (Å²) in [6.07, 6.45) is 3.85. The lowest BCUT2D eigenvalue weighted by Gasteiger charge is -2.10. The first kappa shape index (κ1) is 10.2. The van der Waals surface area contributed by atoms with Crippen LogP contribution in [0.5, 0.6) is 0 Å². The van der Waals surface area contributed by atoms with Crippen molar-refractivity contribution in [2.45, 2.75) is 31.1 Å². The van der Waals surface area contributed by atoms with Crippen molar-refractivity contribution in [2.24, 2.45) is 5.73 Å². The van der Waals surface area contributed by atoms with Crippen LogP contribution in [-0.2, 0) is 4.79 Å². The predicted octanol–water partition coefficient (Wildman–Crippen LogP) is 1.07. The largest absolute Gasteiger partial charge is 0.481 e. The fourth-order valence-corrected chi connectivity index (χ4v) is 1.75. The highest BCUT2D eigenvalue weighted by atomic mass is 16.5. The van der Waals surface area contributed by atoms with E-state index in [1.807, 2.05) is 0 Å². The van der Waals surface area contributed by atoms with Crippen LogP contribution in [0, 0.1) is 0 Å². The van der Waals surface area contributed by atoms with Crippen molar-refractivity contribution >= 4 is 5.97 Å². The molecule has 1 aliphatic rings. The number of hydrogen-bond acceptors (Lipinski definition) is 4. The molecule has 0 aliphatic heterocycles. The van der Waals surface area contributed by atoms with Crippen molar-refractivity contribution in [3.8, 4) is 0 Å². The van der Waals surface area contributed by atoms with Gasteiger partial charge in [-0.15, -0.1) is 0 Å². The second-order valence-corrected chi connectivity index (χ2v) is 3.95. The van der Waals surface area contributed by atoms with Gasteiger partial charge in [0.25, 0.3) is 0 Å². The van der Waals surface area contributed by atoms with Crippen LogP contribution in [0.2, 0.25) is 0 Å². The van der Waals surface area contributed by atoms with Gasteiger partial charge in [0.2, 0.25) is 0 Å². The molecule has 1 aromatic rings. The van der Waals surface area contributed by atoms with Gasteiger partial charge in [-0.3, -0.25) is 4.79 Å². The van der Waals surface area contributed by atoms with Crippen molar-refractivity contribution in [2.75, 3.05) is 6.54 Å². The zero-order valence-electron chi connectivity index (χ0n) is 8.35. The molecule has 1 heterocycles. The Hall–Kier alpha value is -1.36. The minimum Gasteiger partial charge on any atom is -0.481 e. The van der Waals surface area contributed by atoms with E-state index in [2.05, 4.69) is 5.16 Å². The molecule has 0 spiro atoms. The summed E-state index contributed by atoms with van der Waals surface area (Å²) in [5.41, 5.74) is 6.45. The third-order valence-corrected chi connectivity index (χ3v) is 2.72. The van der Waals surface area contributed by atoms with Crippen LogP contribution in [0.3, 0.4) is 0 Å². The maximum absolute atomic E-state index is 10.7. The summed E-state index contributed by atoms with van der Waals surface area (Å²) in [7, 11) is 0. The highest BCUT2D eigenvalue weighted by Gasteiger charge is 2.32. The Morgan fingerprint density at radius 2 is 2.47 bits per heavy atom. The van der Waals surface area contributed by atoms with Crippen molar-refractivity contribution in [3.63, 3.8) is 0 Å². The van der Waals surface area contributed by atoms with Crippen LogP contribution < -0.4 is 5.73 Å². The normalized spacial score (nSPS) is 17.7. The summed E-state index contributed by atoms with van der Waals surface area (Å²) in [5, 5.41) is 12.5. The molecule has 1 aromatic heterocycles. The van der Waals surface area contributed by atoms with Gasteiger partial charge in [-0.2, -0.15) is 0 Å². The molecule has 5 nitrogen and oxygen atoms in total. The molecule has 82 valence electrons. The molecule has 2 rings (SSSR count). The Morgan fingerprint density at radius 1 is 1.73 bits per heavy atom. The maximum Gasteiger partial charge on any atom is 0.304 e. The third kappa shape index (κ3) is 2.18. The average Bonchev–Trinajstić information content (AvgIpc) is 2.93. The van der Waals surface area contributed by atoms with Crippen LogP contribution in [0.25, 0.3) is 0 Å². The van der Waals surface area contributed by atoms with Gasteiger partial charge in [0, 0.05) is 17.4 Å². The van der Waals surface area contributed by atoms with E-state index in [0.717, 1.165) is 24.2 Å². The molecule has 1 fully saturated rings. The molecule has 1 aliphatic carbocycles. The van der Waals surface area contributed by atoms with Crippen LogP contribution >= 0.6 is 0 Å². The summed E-state index contributed by atoms with van der Waals surface area (Å²) in [5.74, 6) is 0.259. The first-order chi connectivity index (χ1) is 7.22. The predicted molar refractivity (Wildman–Crippen MR) is 52.5 cm³/mol. The molecule has 1 atom stereocenters. The number of carboxylic acid groups (broad SMARTS) is 1. The lowest BCUT2D eigenvalue weighted by Crippen LogP contribution is -2.16. The molecule has 0 saturated heterocycles. The van der Waals surface area contributed by atoms with E-state index in [0.29, 0.717) is 12.5 Å². The number of nitrogens with zero attached hydrogens (tertiary/aromatic N) is 1. The summed E-state index contributed by atoms with van der Waals surface area (Å²) in [6, 6.07) is 0. The smallest absolute Gasteiger partial charge is 0.304 e. The van der Waals surface area contributed by atoms with Gasteiger partial charge in [0.05, 0.1) is 12.6 Å². The third-order valence-electron chi connectivity index (χ3n) is 2.72. The van der Waals surface area contributed by atoms with Gasteiger partial charge < -0.3 is 15.4 Å². The molecule has 0 bridgehead atoms. The lowest BCUT2D eigenvalue weighted by molar-refractivity contribution is -0.137. The van der Waals surface area contributed by atoms with E-state index >= 15 is 0 Å². The Labute approximate surface area is 87.2 Å². The number of carbonyl (C=O) groups is 1. The van der Waals surface area contributed by atoms with E-state index in [4.69, 9.17) is 15.4 Å². The number of hydrogen-bond donors (Lipinski definition) is 2. The van der Waals surface area contributed by atoms with Gasteiger partial charge >= 0.3 is 5.97 Å². The monoisotopic (exact) mass is 210 g/mol. The number of rotatable bonds is 5. The Morgan fingerprint density at radius 3 is 3.00 bits per heavy atom. The summed E-state index contributed by atoms with van der Waals surface area (Å²) in [4.78, 5) is 10.7. The first-order valence-corrected chi connectivity index (χ1v) is 5.08. The Kier molecular flexibility index (Phi) is 2.73. The summed E-state index contributed by atoms with van der Waals surface area (Å²) in [6.45, 7) is 0.313. The zero-order chi connectivity index (χ0) is 10.8. The van der Waals surface area contributed by atoms with E-state index < -0.39 is 5.97 Å². The number of aromatic nitrogens is 1. The van der Waals surface area contributed by atoms with Crippen molar-refractivity contribution in [1.82, 2.24) is 5.16 Å². The standard InChI is InChI=1S/C10H14N2O3/c11-4-7(3-9(13)14)8-5-12-15-10(8)6-1-2-6/h5-7H,1-4,11H2,(H,13,14). The molecule has 1 unspecified atom stereocenters. The van der Waals surface area contributed by atoms with Crippen LogP contribution in [-0.4, -0.2) is 22.8 Å².